The molecule has 3 aromatic carbocycles. The summed E-state index contributed by atoms with van der Waals surface area (Å²) in [7, 11) is 0. The van der Waals surface area contributed by atoms with Gasteiger partial charge in [-0.2, -0.15) is 0 Å². The number of amides is 1. The van der Waals surface area contributed by atoms with Crippen molar-refractivity contribution in [2.45, 2.75) is 26.3 Å². The first-order valence-corrected chi connectivity index (χ1v) is 11.7. The maximum Gasteiger partial charge on any atom is 0.263 e. The van der Waals surface area contributed by atoms with Gasteiger partial charge in [0.2, 0.25) is 5.91 Å². The number of carbonyl (C=O) groups is 1. The van der Waals surface area contributed by atoms with Crippen LogP contribution in [0.15, 0.2) is 83.2 Å². The SMILES string of the molecule is CC(C)c1ccc(NC(=O)Cn2cnc3scc(-c4ccc5ccccc5c4)c3c2=O)cc1. The van der Waals surface area contributed by atoms with Crippen molar-refractivity contribution in [1.29, 1.82) is 0 Å². The lowest BCUT2D eigenvalue weighted by atomic mass is 10.0. The van der Waals surface area contributed by atoms with Crippen molar-refractivity contribution < 1.29 is 4.79 Å². The number of aromatic nitrogens is 2. The van der Waals surface area contributed by atoms with Crippen LogP contribution in [0.2, 0.25) is 0 Å². The van der Waals surface area contributed by atoms with Gasteiger partial charge in [0, 0.05) is 16.6 Å². The lowest BCUT2D eigenvalue weighted by Gasteiger charge is -2.10. The molecular formula is C27H23N3O2S. The molecule has 5 aromatic rings. The summed E-state index contributed by atoms with van der Waals surface area (Å²) in [6, 6.07) is 22.1. The Hall–Kier alpha value is -3.77. The summed E-state index contributed by atoms with van der Waals surface area (Å²) in [5.41, 5.74) is 3.51. The molecule has 0 unspecified atom stereocenters. The van der Waals surface area contributed by atoms with Gasteiger partial charge in [0.25, 0.3) is 5.56 Å². The zero-order valence-corrected chi connectivity index (χ0v) is 19.2. The van der Waals surface area contributed by atoms with E-state index >= 15 is 0 Å². The lowest BCUT2D eigenvalue weighted by Crippen LogP contribution is -2.27. The van der Waals surface area contributed by atoms with Crippen LogP contribution in [0, 0.1) is 0 Å². The van der Waals surface area contributed by atoms with Gasteiger partial charge in [0.1, 0.15) is 11.4 Å². The highest BCUT2D eigenvalue weighted by Crippen LogP contribution is 2.32. The van der Waals surface area contributed by atoms with Crippen LogP contribution in [0.5, 0.6) is 0 Å². The van der Waals surface area contributed by atoms with E-state index in [9.17, 15) is 9.59 Å². The monoisotopic (exact) mass is 453 g/mol. The van der Waals surface area contributed by atoms with Gasteiger partial charge in [-0.3, -0.25) is 14.2 Å². The molecule has 0 radical (unpaired) electrons. The zero-order valence-electron chi connectivity index (χ0n) is 18.4. The van der Waals surface area contributed by atoms with Crippen molar-refractivity contribution in [2.75, 3.05) is 5.32 Å². The molecule has 5 rings (SSSR count). The molecule has 0 saturated heterocycles. The van der Waals surface area contributed by atoms with Crippen LogP contribution in [0.25, 0.3) is 32.1 Å². The van der Waals surface area contributed by atoms with E-state index in [1.165, 1.54) is 27.8 Å². The largest absolute Gasteiger partial charge is 0.325 e. The smallest absolute Gasteiger partial charge is 0.263 e. The standard InChI is InChI=1S/C27H23N3O2S/c1-17(2)18-9-11-22(12-10-18)29-24(31)14-30-16-28-26-25(27(30)32)23(15-33-26)21-8-7-19-5-3-4-6-20(19)13-21/h3-13,15-17H,14H2,1-2H3,(H,29,31). The summed E-state index contributed by atoms with van der Waals surface area (Å²) in [6.45, 7) is 4.15. The molecule has 164 valence electrons. The van der Waals surface area contributed by atoms with Crippen LogP contribution in [0.4, 0.5) is 5.69 Å². The Labute approximate surface area is 195 Å². The Morgan fingerprint density at radius 3 is 2.55 bits per heavy atom. The second-order valence-electron chi connectivity index (χ2n) is 8.39. The average Bonchev–Trinajstić information content (AvgIpc) is 3.26. The number of benzene rings is 3. The predicted molar refractivity (Wildman–Crippen MR) is 136 cm³/mol. The van der Waals surface area contributed by atoms with Crippen molar-refractivity contribution >= 4 is 43.9 Å². The first-order chi connectivity index (χ1) is 16.0. The van der Waals surface area contributed by atoms with Crippen molar-refractivity contribution in [3.63, 3.8) is 0 Å². The quantitative estimate of drug-likeness (QED) is 0.353. The Kier molecular flexibility index (Phi) is 5.52. The van der Waals surface area contributed by atoms with E-state index in [4.69, 9.17) is 0 Å². The van der Waals surface area contributed by atoms with Crippen LogP contribution in [-0.4, -0.2) is 15.5 Å². The molecule has 5 nitrogen and oxygen atoms in total. The van der Waals surface area contributed by atoms with Gasteiger partial charge in [-0.1, -0.05) is 62.4 Å². The maximum absolute atomic E-state index is 13.3. The van der Waals surface area contributed by atoms with E-state index in [1.807, 2.05) is 47.8 Å². The van der Waals surface area contributed by atoms with Gasteiger partial charge in [-0.05, 0) is 46.0 Å². The Balaban J connectivity index is 1.44. The molecule has 2 heterocycles. The summed E-state index contributed by atoms with van der Waals surface area (Å²) in [4.78, 5) is 31.1. The highest BCUT2D eigenvalue weighted by atomic mass is 32.1. The average molecular weight is 454 g/mol. The minimum absolute atomic E-state index is 0.0965. The topological polar surface area (TPSA) is 64.0 Å². The summed E-state index contributed by atoms with van der Waals surface area (Å²) in [5, 5.41) is 7.64. The molecule has 1 N–H and O–H groups in total. The number of carbonyl (C=O) groups excluding carboxylic acids is 1. The van der Waals surface area contributed by atoms with Crippen molar-refractivity contribution in [3.05, 3.63) is 94.4 Å². The predicted octanol–water partition coefficient (Wildman–Crippen LogP) is 6.04. The number of fused-ring (bicyclic) bond motifs is 2. The summed E-state index contributed by atoms with van der Waals surface area (Å²) < 4.78 is 1.37. The molecule has 0 aliphatic carbocycles. The van der Waals surface area contributed by atoms with Crippen molar-refractivity contribution in [2.24, 2.45) is 0 Å². The number of nitrogens with one attached hydrogen (secondary N) is 1. The van der Waals surface area contributed by atoms with Crippen LogP contribution in [0.3, 0.4) is 0 Å². The number of thiophene rings is 1. The van der Waals surface area contributed by atoms with Gasteiger partial charge >= 0.3 is 0 Å². The molecule has 6 heteroatoms. The molecule has 0 fully saturated rings. The molecule has 0 atom stereocenters. The third kappa shape index (κ3) is 4.17. The maximum atomic E-state index is 13.3. The fourth-order valence-electron chi connectivity index (χ4n) is 3.96. The Morgan fingerprint density at radius 1 is 1.03 bits per heavy atom. The molecule has 33 heavy (non-hydrogen) atoms. The molecule has 0 aliphatic rings. The van der Waals surface area contributed by atoms with Crippen LogP contribution in [0.1, 0.15) is 25.3 Å². The van der Waals surface area contributed by atoms with Crippen LogP contribution < -0.4 is 10.9 Å². The summed E-state index contributed by atoms with van der Waals surface area (Å²) in [6.07, 6.45) is 1.45. The molecule has 0 bridgehead atoms. The third-order valence-electron chi connectivity index (χ3n) is 5.80. The van der Waals surface area contributed by atoms with E-state index in [-0.39, 0.29) is 18.0 Å². The number of hydrogen-bond acceptors (Lipinski definition) is 4. The van der Waals surface area contributed by atoms with E-state index in [0.29, 0.717) is 21.8 Å². The van der Waals surface area contributed by atoms with Crippen LogP contribution in [-0.2, 0) is 11.3 Å². The fourth-order valence-corrected chi connectivity index (χ4v) is 4.86. The Bertz CT molecular complexity index is 1530. The van der Waals surface area contributed by atoms with Gasteiger partial charge in [0.05, 0.1) is 11.7 Å². The van der Waals surface area contributed by atoms with Gasteiger partial charge < -0.3 is 5.32 Å². The Morgan fingerprint density at radius 2 is 1.79 bits per heavy atom. The van der Waals surface area contributed by atoms with Crippen molar-refractivity contribution in [1.82, 2.24) is 9.55 Å². The number of anilines is 1. The van der Waals surface area contributed by atoms with E-state index in [0.717, 1.165) is 21.9 Å². The van der Waals surface area contributed by atoms with Crippen LogP contribution >= 0.6 is 11.3 Å². The number of nitrogens with zero attached hydrogens (tertiary/aromatic N) is 2. The molecule has 0 aliphatic heterocycles. The zero-order chi connectivity index (χ0) is 22.9. The van der Waals surface area contributed by atoms with E-state index < -0.39 is 0 Å². The highest BCUT2D eigenvalue weighted by Gasteiger charge is 2.15. The normalized spacial score (nSPS) is 11.4. The van der Waals surface area contributed by atoms with Gasteiger partial charge in [-0.25, -0.2) is 4.98 Å². The molecule has 0 saturated carbocycles. The lowest BCUT2D eigenvalue weighted by molar-refractivity contribution is -0.116. The number of rotatable bonds is 5. The third-order valence-corrected chi connectivity index (χ3v) is 6.68. The van der Waals surface area contributed by atoms with Gasteiger partial charge in [0.15, 0.2) is 0 Å². The minimum atomic E-state index is -0.266. The molecule has 0 spiro atoms. The molecule has 1 amide bonds. The van der Waals surface area contributed by atoms with Crippen molar-refractivity contribution in [3.8, 4) is 11.1 Å². The van der Waals surface area contributed by atoms with E-state index in [2.05, 4.69) is 48.4 Å². The first kappa shape index (κ1) is 21.1. The molecular weight excluding hydrogens is 430 g/mol. The second-order valence-corrected chi connectivity index (χ2v) is 9.25. The first-order valence-electron chi connectivity index (χ1n) is 10.9. The highest BCUT2D eigenvalue weighted by molar-refractivity contribution is 7.17. The van der Waals surface area contributed by atoms with E-state index in [1.54, 1.807) is 0 Å². The second kappa shape index (κ2) is 8.64. The fraction of sp³-hybridized carbons (Fsp3) is 0.148. The summed E-state index contributed by atoms with van der Waals surface area (Å²) in [5.74, 6) is 0.159. The van der Waals surface area contributed by atoms with Gasteiger partial charge in [-0.15, -0.1) is 11.3 Å². The number of hydrogen-bond donors (Lipinski definition) is 1. The molecule has 2 aromatic heterocycles. The minimum Gasteiger partial charge on any atom is -0.325 e. The summed E-state index contributed by atoms with van der Waals surface area (Å²) >= 11 is 1.44.